The Balaban J connectivity index is 2.59. The fourth-order valence-corrected chi connectivity index (χ4v) is 1.75. The third kappa shape index (κ3) is 2.11. The van der Waals surface area contributed by atoms with Crippen LogP contribution in [0.5, 0.6) is 0 Å². The first-order chi connectivity index (χ1) is 8.13. The Morgan fingerprint density at radius 1 is 1.35 bits per heavy atom. The van der Waals surface area contributed by atoms with Gasteiger partial charge in [0.05, 0.1) is 5.69 Å². The van der Waals surface area contributed by atoms with E-state index in [-0.39, 0.29) is 11.9 Å². The normalized spacial score (nSPS) is 10.8. The molecule has 0 unspecified atom stereocenters. The molecule has 3 nitrogen and oxygen atoms in total. The Morgan fingerprint density at radius 3 is 2.76 bits per heavy atom. The summed E-state index contributed by atoms with van der Waals surface area (Å²) in [5, 5.41) is 4.15. The van der Waals surface area contributed by atoms with Gasteiger partial charge in [0.25, 0.3) is 0 Å². The molecule has 0 radical (unpaired) electrons. The van der Waals surface area contributed by atoms with Crippen LogP contribution in [0.15, 0.2) is 30.5 Å². The number of aldehydes is 1. The van der Waals surface area contributed by atoms with Gasteiger partial charge in [0, 0.05) is 23.4 Å². The number of benzene rings is 1. The van der Waals surface area contributed by atoms with E-state index in [2.05, 4.69) is 5.10 Å². The van der Waals surface area contributed by atoms with Crippen LogP contribution in [-0.2, 0) is 0 Å². The van der Waals surface area contributed by atoms with E-state index < -0.39 is 0 Å². The molecule has 0 N–H and O–H groups in total. The van der Waals surface area contributed by atoms with Gasteiger partial charge in [0.15, 0.2) is 0 Å². The Bertz CT molecular complexity index is 546. The standard InChI is InChI=1S/C13H13FN2O/c1-9(2)16-13(5-6-15-16)11-7-10(8-17)3-4-12(11)14/h3-9H,1-2H3. The number of hydrogen-bond acceptors (Lipinski definition) is 2. The fourth-order valence-electron chi connectivity index (χ4n) is 1.75. The largest absolute Gasteiger partial charge is 0.298 e. The van der Waals surface area contributed by atoms with E-state index in [4.69, 9.17) is 0 Å². The second kappa shape index (κ2) is 4.49. The highest BCUT2D eigenvalue weighted by Crippen LogP contribution is 2.25. The molecule has 0 aliphatic carbocycles. The summed E-state index contributed by atoms with van der Waals surface area (Å²) in [6, 6.07) is 6.18. The van der Waals surface area contributed by atoms with Gasteiger partial charge in [-0.2, -0.15) is 5.10 Å². The Hall–Kier alpha value is -1.97. The van der Waals surface area contributed by atoms with Crippen LogP contribution in [-0.4, -0.2) is 16.1 Å². The lowest BCUT2D eigenvalue weighted by Gasteiger charge is -2.11. The molecule has 17 heavy (non-hydrogen) atoms. The summed E-state index contributed by atoms with van der Waals surface area (Å²) in [5.41, 5.74) is 1.54. The molecule has 0 bridgehead atoms. The molecule has 1 aromatic carbocycles. The number of nitrogens with zero attached hydrogens (tertiary/aromatic N) is 2. The van der Waals surface area contributed by atoms with Crippen molar-refractivity contribution in [3.05, 3.63) is 41.8 Å². The van der Waals surface area contributed by atoms with Crippen LogP contribution in [0, 0.1) is 5.82 Å². The van der Waals surface area contributed by atoms with Crippen LogP contribution in [0.2, 0.25) is 0 Å². The van der Waals surface area contributed by atoms with Crippen molar-refractivity contribution in [3.8, 4) is 11.3 Å². The first-order valence-electron chi connectivity index (χ1n) is 5.42. The lowest BCUT2D eigenvalue weighted by Crippen LogP contribution is -2.05. The molecule has 0 saturated heterocycles. The van der Waals surface area contributed by atoms with Gasteiger partial charge >= 0.3 is 0 Å². The summed E-state index contributed by atoms with van der Waals surface area (Å²) in [5.74, 6) is -0.349. The Morgan fingerprint density at radius 2 is 2.12 bits per heavy atom. The maximum absolute atomic E-state index is 13.8. The molecule has 2 rings (SSSR count). The van der Waals surface area contributed by atoms with Crippen LogP contribution in [0.1, 0.15) is 30.2 Å². The molecule has 2 aromatic rings. The third-order valence-corrected chi connectivity index (χ3v) is 2.56. The van der Waals surface area contributed by atoms with E-state index >= 15 is 0 Å². The maximum Gasteiger partial charge on any atom is 0.150 e. The van der Waals surface area contributed by atoms with Crippen LogP contribution < -0.4 is 0 Å². The van der Waals surface area contributed by atoms with Crippen LogP contribution in [0.4, 0.5) is 4.39 Å². The zero-order valence-corrected chi connectivity index (χ0v) is 9.72. The van der Waals surface area contributed by atoms with E-state index in [1.165, 1.54) is 18.2 Å². The predicted molar refractivity (Wildman–Crippen MR) is 63.4 cm³/mol. The highest BCUT2D eigenvalue weighted by molar-refractivity contribution is 5.78. The minimum atomic E-state index is -0.349. The second-order valence-corrected chi connectivity index (χ2v) is 4.11. The van der Waals surface area contributed by atoms with Crippen LogP contribution in [0.3, 0.4) is 0 Å². The molecular weight excluding hydrogens is 219 g/mol. The quantitative estimate of drug-likeness (QED) is 0.762. The lowest BCUT2D eigenvalue weighted by molar-refractivity contribution is 0.112. The van der Waals surface area contributed by atoms with E-state index in [9.17, 15) is 9.18 Å². The smallest absolute Gasteiger partial charge is 0.150 e. The van der Waals surface area contributed by atoms with Gasteiger partial charge in [0.1, 0.15) is 12.1 Å². The molecule has 88 valence electrons. The highest BCUT2D eigenvalue weighted by atomic mass is 19.1. The topological polar surface area (TPSA) is 34.9 Å². The summed E-state index contributed by atoms with van der Waals surface area (Å²) in [6.07, 6.45) is 2.33. The van der Waals surface area contributed by atoms with Crippen molar-refractivity contribution in [1.82, 2.24) is 9.78 Å². The predicted octanol–water partition coefficient (Wildman–Crippen LogP) is 3.08. The molecule has 0 atom stereocenters. The summed E-state index contributed by atoms with van der Waals surface area (Å²) in [4.78, 5) is 10.7. The second-order valence-electron chi connectivity index (χ2n) is 4.11. The van der Waals surface area contributed by atoms with Crippen LogP contribution >= 0.6 is 0 Å². The van der Waals surface area contributed by atoms with Crippen molar-refractivity contribution in [3.63, 3.8) is 0 Å². The van der Waals surface area contributed by atoms with Gasteiger partial charge in [-0.25, -0.2) is 4.39 Å². The minimum absolute atomic E-state index is 0.138. The molecule has 0 saturated carbocycles. The van der Waals surface area contributed by atoms with E-state index in [1.54, 1.807) is 16.9 Å². The van der Waals surface area contributed by atoms with Crippen molar-refractivity contribution in [1.29, 1.82) is 0 Å². The molecule has 0 aliphatic rings. The molecule has 0 amide bonds. The van der Waals surface area contributed by atoms with Crippen LogP contribution in [0.25, 0.3) is 11.3 Å². The van der Waals surface area contributed by atoms with Gasteiger partial charge in [-0.15, -0.1) is 0 Å². The number of carbonyl (C=O) groups is 1. The van der Waals surface area contributed by atoms with Crippen molar-refractivity contribution in [2.75, 3.05) is 0 Å². The van der Waals surface area contributed by atoms with Crippen molar-refractivity contribution in [2.24, 2.45) is 0 Å². The average Bonchev–Trinajstić information content (AvgIpc) is 2.78. The molecule has 1 heterocycles. The SMILES string of the molecule is CC(C)n1nccc1-c1cc(C=O)ccc1F. The summed E-state index contributed by atoms with van der Waals surface area (Å²) >= 11 is 0. The minimum Gasteiger partial charge on any atom is -0.298 e. The molecule has 1 aromatic heterocycles. The average molecular weight is 232 g/mol. The molecule has 0 aliphatic heterocycles. The van der Waals surface area contributed by atoms with Gasteiger partial charge in [-0.05, 0) is 38.1 Å². The summed E-state index contributed by atoms with van der Waals surface area (Å²) in [7, 11) is 0. The molecular formula is C13H13FN2O. The maximum atomic E-state index is 13.8. The molecule has 0 spiro atoms. The number of halogens is 1. The van der Waals surface area contributed by atoms with E-state index in [0.717, 1.165) is 0 Å². The molecule has 0 fully saturated rings. The summed E-state index contributed by atoms with van der Waals surface area (Å²) in [6.45, 7) is 3.94. The number of aromatic nitrogens is 2. The van der Waals surface area contributed by atoms with Gasteiger partial charge in [-0.1, -0.05) is 0 Å². The summed E-state index contributed by atoms with van der Waals surface area (Å²) < 4.78 is 15.5. The zero-order chi connectivity index (χ0) is 12.4. The molecule has 4 heteroatoms. The monoisotopic (exact) mass is 232 g/mol. The number of carbonyl (C=O) groups excluding carboxylic acids is 1. The van der Waals surface area contributed by atoms with Gasteiger partial charge < -0.3 is 0 Å². The first kappa shape index (κ1) is 11.5. The van der Waals surface area contributed by atoms with Gasteiger partial charge in [0.2, 0.25) is 0 Å². The Labute approximate surface area is 98.9 Å². The Kier molecular flexibility index (Phi) is 3.04. The van der Waals surface area contributed by atoms with E-state index in [1.807, 2.05) is 13.8 Å². The van der Waals surface area contributed by atoms with Crippen molar-refractivity contribution < 1.29 is 9.18 Å². The fraction of sp³-hybridized carbons (Fsp3) is 0.231. The van der Waals surface area contributed by atoms with Gasteiger partial charge in [-0.3, -0.25) is 9.48 Å². The highest BCUT2D eigenvalue weighted by Gasteiger charge is 2.12. The number of hydrogen-bond donors (Lipinski definition) is 0. The first-order valence-corrected chi connectivity index (χ1v) is 5.42. The third-order valence-electron chi connectivity index (χ3n) is 2.56. The zero-order valence-electron chi connectivity index (χ0n) is 9.72. The van der Waals surface area contributed by atoms with Crippen molar-refractivity contribution in [2.45, 2.75) is 19.9 Å². The van der Waals surface area contributed by atoms with Crippen molar-refractivity contribution >= 4 is 6.29 Å². The number of rotatable bonds is 3. The van der Waals surface area contributed by atoms with E-state index in [0.29, 0.717) is 23.1 Å². The lowest BCUT2D eigenvalue weighted by atomic mass is 10.1.